The SMILES string of the molecule is CC(=O)OC[C@@H]1C2[C@H]3C4C5[C@H]2[C@@H]5C([C@@H]43)[C@@H]1COC(C)=O. The van der Waals surface area contributed by atoms with Crippen molar-refractivity contribution in [1.29, 1.82) is 0 Å². The predicted octanol–water partition coefficient (Wildman–Crippen LogP) is 1.34. The zero-order valence-corrected chi connectivity index (χ0v) is 11.8. The molecular formula is C16H20O4. The van der Waals surface area contributed by atoms with Crippen molar-refractivity contribution in [1.82, 2.24) is 0 Å². The second-order valence-electron chi connectivity index (χ2n) is 7.55. The average Bonchev–Trinajstić information content (AvgIpc) is 3.22. The molecular weight excluding hydrogens is 256 g/mol. The van der Waals surface area contributed by atoms with Gasteiger partial charge in [-0.15, -0.1) is 0 Å². The minimum atomic E-state index is -0.190. The number of esters is 2. The van der Waals surface area contributed by atoms with E-state index < -0.39 is 0 Å². The molecule has 0 N–H and O–H groups in total. The second-order valence-corrected chi connectivity index (χ2v) is 7.55. The summed E-state index contributed by atoms with van der Waals surface area (Å²) in [5.74, 6) is 7.67. The summed E-state index contributed by atoms with van der Waals surface area (Å²) in [4.78, 5) is 22.3. The van der Waals surface area contributed by atoms with Crippen LogP contribution in [0.4, 0.5) is 0 Å². The van der Waals surface area contributed by atoms with E-state index in [9.17, 15) is 9.59 Å². The third kappa shape index (κ3) is 1.16. The summed E-state index contributed by atoms with van der Waals surface area (Å²) in [6.45, 7) is 4.03. The molecule has 0 spiro atoms. The van der Waals surface area contributed by atoms with Crippen LogP contribution in [0.5, 0.6) is 0 Å². The molecule has 4 unspecified atom stereocenters. The van der Waals surface area contributed by atoms with Crippen molar-refractivity contribution in [2.24, 2.45) is 59.2 Å². The number of fused-ring (bicyclic) bond motifs is 1. The molecule has 0 aromatic rings. The van der Waals surface area contributed by atoms with E-state index in [1.54, 1.807) is 0 Å². The third-order valence-corrected chi connectivity index (χ3v) is 7.10. The largest absolute Gasteiger partial charge is 0.466 e. The molecule has 6 saturated carbocycles. The monoisotopic (exact) mass is 276 g/mol. The maximum absolute atomic E-state index is 11.1. The minimum Gasteiger partial charge on any atom is -0.466 e. The molecule has 108 valence electrons. The summed E-state index contributed by atoms with van der Waals surface area (Å²) in [6.07, 6.45) is 0. The quantitative estimate of drug-likeness (QED) is 0.727. The van der Waals surface area contributed by atoms with Gasteiger partial charge in [0.2, 0.25) is 0 Å². The fourth-order valence-electron chi connectivity index (χ4n) is 6.97. The van der Waals surface area contributed by atoms with E-state index in [4.69, 9.17) is 9.47 Å². The van der Waals surface area contributed by atoms with Gasteiger partial charge in [-0.3, -0.25) is 9.59 Å². The van der Waals surface area contributed by atoms with Crippen LogP contribution in [0, 0.1) is 59.2 Å². The van der Waals surface area contributed by atoms with Gasteiger partial charge in [-0.25, -0.2) is 0 Å². The van der Waals surface area contributed by atoms with E-state index in [1.807, 2.05) is 0 Å². The summed E-state index contributed by atoms with van der Waals surface area (Å²) in [5, 5.41) is 0. The number of hydrogen-bond donors (Lipinski definition) is 0. The predicted molar refractivity (Wildman–Crippen MR) is 68.2 cm³/mol. The fraction of sp³-hybridized carbons (Fsp3) is 0.875. The Kier molecular flexibility index (Phi) is 1.97. The first-order valence-electron chi connectivity index (χ1n) is 7.88. The molecule has 0 heterocycles. The smallest absolute Gasteiger partial charge is 0.302 e. The summed E-state index contributed by atoms with van der Waals surface area (Å²) >= 11 is 0. The first-order valence-corrected chi connectivity index (χ1v) is 7.88. The van der Waals surface area contributed by atoms with Gasteiger partial charge < -0.3 is 9.47 Å². The lowest BCUT2D eigenvalue weighted by atomic mass is 9.59. The van der Waals surface area contributed by atoms with E-state index in [0.29, 0.717) is 25.0 Å². The van der Waals surface area contributed by atoms with E-state index in [0.717, 1.165) is 47.3 Å². The molecule has 6 rings (SSSR count). The van der Waals surface area contributed by atoms with Crippen molar-refractivity contribution < 1.29 is 19.1 Å². The van der Waals surface area contributed by atoms with Crippen LogP contribution in [-0.2, 0) is 19.1 Å². The van der Waals surface area contributed by atoms with Gasteiger partial charge in [0.15, 0.2) is 0 Å². The van der Waals surface area contributed by atoms with Crippen molar-refractivity contribution in [3.05, 3.63) is 0 Å². The normalized spacial score (nSPS) is 58.3. The molecule has 0 aliphatic heterocycles. The van der Waals surface area contributed by atoms with Crippen molar-refractivity contribution in [2.45, 2.75) is 13.8 Å². The van der Waals surface area contributed by atoms with Crippen molar-refractivity contribution in [3.63, 3.8) is 0 Å². The molecule has 6 fully saturated rings. The van der Waals surface area contributed by atoms with E-state index in [2.05, 4.69) is 0 Å². The van der Waals surface area contributed by atoms with Gasteiger partial charge >= 0.3 is 11.9 Å². The van der Waals surface area contributed by atoms with Crippen LogP contribution in [0.15, 0.2) is 0 Å². The Morgan fingerprint density at radius 3 is 1.25 bits per heavy atom. The standard InChI is InChI=1S/C16H20O4/c1-5(17)19-3-7-8(4-20-6(2)18)10-13-11-9(7)12-14(10)16(12)15(11)13/h7-16H,3-4H2,1-2H3/t7-,8+,9?,10?,11-,12+,13-,14-,15?,16?/m1/s1. The molecule has 0 aromatic heterocycles. The zero-order valence-electron chi connectivity index (χ0n) is 11.8. The molecule has 0 saturated heterocycles. The highest BCUT2D eigenvalue weighted by molar-refractivity contribution is 5.66. The lowest BCUT2D eigenvalue weighted by Crippen LogP contribution is -2.47. The lowest BCUT2D eigenvalue weighted by molar-refractivity contribution is -0.154. The fourth-order valence-corrected chi connectivity index (χ4v) is 6.97. The average molecular weight is 276 g/mol. The highest BCUT2D eigenvalue weighted by atomic mass is 16.5. The van der Waals surface area contributed by atoms with Crippen molar-refractivity contribution in [2.75, 3.05) is 13.2 Å². The molecule has 10 atom stereocenters. The first-order chi connectivity index (χ1) is 9.61. The second kappa shape index (κ2) is 3.40. The van der Waals surface area contributed by atoms with E-state index in [-0.39, 0.29) is 11.9 Å². The van der Waals surface area contributed by atoms with E-state index in [1.165, 1.54) is 13.8 Å². The molecule has 6 aliphatic carbocycles. The van der Waals surface area contributed by atoms with Crippen LogP contribution in [0.25, 0.3) is 0 Å². The summed E-state index contributed by atoms with van der Waals surface area (Å²) < 4.78 is 10.7. The Morgan fingerprint density at radius 2 is 0.950 bits per heavy atom. The summed E-state index contributed by atoms with van der Waals surface area (Å²) in [5.41, 5.74) is 0. The Bertz CT molecular complexity index is 449. The van der Waals surface area contributed by atoms with Gasteiger partial charge in [0, 0.05) is 25.7 Å². The van der Waals surface area contributed by atoms with Gasteiger partial charge in [0.05, 0.1) is 13.2 Å². The number of carbonyl (C=O) groups is 2. The lowest BCUT2D eigenvalue weighted by Gasteiger charge is -2.47. The first kappa shape index (κ1) is 11.6. The number of carbonyl (C=O) groups excluding carboxylic acids is 2. The van der Waals surface area contributed by atoms with Crippen molar-refractivity contribution in [3.8, 4) is 0 Å². The zero-order chi connectivity index (χ0) is 13.8. The topological polar surface area (TPSA) is 52.6 Å². The molecule has 2 bridgehead atoms. The molecule has 0 amide bonds. The third-order valence-electron chi connectivity index (χ3n) is 7.10. The Labute approximate surface area is 118 Å². The molecule has 4 heteroatoms. The van der Waals surface area contributed by atoms with Gasteiger partial charge in [0.25, 0.3) is 0 Å². The number of hydrogen-bond acceptors (Lipinski definition) is 4. The van der Waals surface area contributed by atoms with Crippen LogP contribution in [-0.4, -0.2) is 25.2 Å². The molecule has 6 aliphatic rings. The summed E-state index contributed by atoms with van der Waals surface area (Å²) in [7, 11) is 0. The number of rotatable bonds is 4. The Balaban J connectivity index is 1.40. The van der Waals surface area contributed by atoms with E-state index >= 15 is 0 Å². The van der Waals surface area contributed by atoms with Gasteiger partial charge in [0.1, 0.15) is 0 Å². The highest BCUT2D eigenvalue weighted by Gasteiger charge is 2.90. The van der Waals surface area contributed by atoms with Gasteiger partial charge in [-0.2, -0.15) is 0 Å². The van der Waals surface area contributed by atoms with Crippen LogP contribution in [0.1, 0.15) is 13.8 Å². The van der Waals surface area contributed by atoms with Crippen LogP contribution in [0.3, 0.4) is 0 Å². The summed E-state index contributed by atoms with van der Waals surface area (Å²) in [6, 6.07) is 0. The Morgan fingerprint density at radius 1 is 0.650 bits per heavy atom. The van der Waals surface area contributed by atoms with Gasteiger partial charge in [-0.05, 0) is 47.3 Å². The van der Waals surface area contributed by atoms with Crippen LogP contribution in [0.2, 0.25) is 0 Å². The molecule has 20 heavy (non-hydrogen) atoms. The highest BCUT2D eigenvalue weighted by Crippen LogP contribution is 2.93. The van der Waals surface area contributed by atoms with Crippen LogP contribution >= 0.6 is 0 Å². The maximum atomic E-state index is 11.1. The maximum Gasteiger partial charge on any atom is 0.302 e. The molecule has 0 aromatic carbocycles. The Hall–Kier alpha value is -1.06. The number of ether oxygens (including phenoxy) is 2. The van der Waals surface area contributed by atoms with Crippen LogP contribution < -0.4 is 0 Å². The van der Waals surface area contributed by atoms with Gasteiger partial charge in [-0.1, -0.05) is 0 Å². The molecule has 0 radical (unpaired) electrons. The minimum absolute atomic E-state index is 0.190. The van der Waals surface area contributed by atoms with Crippen molar-refractivity contribution >= 4 is 11.9 Å². The molecule has 4 nitrogen and oxygen atoms in total.